The van der Waals surface area contributed by atoms with Gasteiger partial charge >= 0.3 is 0 Å². The largest absolute Gasteiger partial charge is 0.422 e. The fourth-order valence-electron chi connectivity index (χ4n) is 2.89. The predicted octanol–water partition coefficient (Wildman–Crippen LogP) is 3.19. The van der Waals surface area contributed by atoms with Gasteiger partial charge in [0.15, 0.2) is 6.29 Å². The van der Waals surface area contributed by atoms with Crippen LogP contribution in [0.2, 0.25) is 0 Å². The standard InChI is InChI=1S/C13H24N4O3.C7H8/c1-3-5-13(15,6-4-10-18-7-8-19-10)12-17-16-11(20-12)9(2)14;1-7-5-3-2-4-6-7/h9-10H,3-8,14-15H2,1-2H3;2-6H,1H3. The second-order valence-electron chi connectivity index (χ2n) is 7.00. The Balaban J connectivity index is 0.000000313. The summed E-state index contributed by atoms with van der Waals surface area (Å²) < 4.78 is 16.5. The van der Waals surface area contributed by atoms with Crippen LogP contribution in [-0.2, 0) is 15.0 Å². The van der Waals surface area contributed by atoms with Crippen molar-refractivity contribution >= 4 is 0 Å². The molecule has 1 aromatic carbocycles. The van der Waals surface area contributed by atoms with Gasteiger partial charge in [0, 0.05) is 6.42 Å². The maximum absolute atomic E-state index is 6.47. The molecule has 3 rings (SSSR count). The van der Waals surface area contributed by atoms with Gasteiger partial charge in [0.2, 0.25) is 11.8 Å². The van der Waals surface area contributed by atoms with E-state index in [0.717, 1.165) is 12.8 Å². The van der Waals surface area contributed by atoms with Crippen LogP contribution in [0, 0.1) is 6.92 Å². The average molecular weight is 377 g/mol. The summed E-state index contributed by atoms with van der Waals surface area (Å²) in [4.78, 5) is 0. The highest BCUT2D eigenvalue weighted by Gasteiger charge is 2.34. The first kappa shape index (κ1) is 21.5. The van der Waals surface area contributed by atoms with Crippen LogP contribution in [0.1, 0.15) is 62.9 Å². The number of aromatic nitrogens is 2. The summed E-state index contributed by atoms with van der Waals surface area (Å²) in [5.74, 6) is 0.865. The molecular weight excluding hydrogens is 344 g/mol. The highest BCUT2D eigenvalue weighted by Crippen LogP contribution is 2.30. The van der Waals surface area contributed by atoms with E-state index < -0.39 is 5.54 Å². The van der Waals surface area contributed by atoms with Gasteiger partial charge in [-0.2, -0.15) is 0 Å². The number of rotatable bonds is 7. The van der Waals surface area contributed by atoms with E-state index in [1.54, 1.807) is 6.92 Å². The molecule has 0 amide bonds. The van der Waals surface area contributed by atoms with E-state index in [0.29, 0.717) is 37.8 Å². The minimum absolute atomic E-state index is 0.175. The summed E-state index contributed by atoms with van der Waals surface area (Å²) in [6, 6.07) is 9.97. The maximum Gasteiger partial charge on any atom is 0.236 e. The molecule has 2 atom stereocenters. The van der Waals surface area contributed by atoms with E-state index in [1.165, 1.54) is 5.56 Å². The summed E-state index contributed by atoms with van der Waals surface area (Å²) in [6.07, 6.45) is 2.91. The molecule has 1 fully saturated rings. The third-order valence-corrected chi connectivity index (χ3v) is 4.41. The van der Waals surface area contributed by atoms with Gasteiger partial charge in [0.1, 0.15) is 0 Å². The Hall–Kier alpha value is -1.80. The molecular formula is C20H32N4O3. The minimum Gasteiger partial charge on any atom is -0.422 e. The van der Waals surface area contributed by atoms with Crippen LogP contribution < -0.4 is 11.5 Å². The molecule has 1 aromatic heterocycles. The van der Waals surface area contributed by atoms with Gasteiger partial charge in [0.25, 0.3) is 0 Å². The van der Waals surface area contributed by atoms with Gasteiger partial charge in [-0.15, -0.1) is 10.2 Å². The highest BCUT2D eigenvalue weighted by atomic mass is 16.7. The molecule has 2 heterocycles. The number of hydrogen-bond donors (Lipinski definition) is 2. The third kappa shape index (κ3) is 6.70. The van der Waals surface area contributed by atoms with Gasteiger partial charge in [-0.1, -0.05) is 49.2 Å². The molecule has 150 valence electrons. The number of ether oxygens (including phenoxy) is 2. The lowest BCUT2D eigenvalue weighted by molar-refractivity contribution is -0.0523. The molecule has 27 heavy (non-hydrogen) atoms. The van der Waals surface area contributed by atoms with E-state index in [9.17, 15) is 0 Å². The lowest BCUT2D eigenvalue weighted by atomic mass is 9.89. The maximum atomic E-state index is 6.47. The van der Waals surface area contributed by atoms with E-state index >= 15 is 0 Å². The van der Waals surface area contributed by atoms with Crippen molar-refractivity contribution in [1.82, 2.24) is 10.2 Å². The molecule has 7 heteroatoms. The second kappa shape index (κ2) is 10.5. The Morgan fingerprint density at radius 2 is 1.81 bits per heavy atom. The number of benzene rings is 1. The van der Waals surface area contributed by atoms with Gasteiger partial charge in [-0.3, -0.25) is 0 Å². The first-order chi connectivity index (χ1) is 12.9. The molecule has 0 bridgehead atoms. The van der Waals surface area contributed by atoms with E-state index in [2.05, 4.69) is 36.2 Å². The summed E-state index contributed by atoms with van der Waals surface area (Å²) in [5.41, 5.74) is 12.9. The van der Waals surface area contributed by atoms with Crippen LogP contribution in [0.15, 0.2) is 34.7 Å². The molecule has 4 N–H and O–H groups in total. The van der Waals surface area contributed by atoms with Crippen molar-refractivity contribution in [3.63, 3.8) is 0 Å². The number of nitrogens with zero attached hydrogens (tertiary/aromatic N) is 2. The summed E-state index contributed by atoms with van der Waals surface area (Å²) >= 11 is 0. The quantitative estimate of drug-likeness (QED) is 0.763. The molecule has 1 aliphatic heterocycles. The van der Waals surface area contributed by atoms with Crippen molar-refractivity contribution in [3.05, 3.63) is 47.7 Å². The molecule has 7 nitrogen and oxygen atoms in total. The molecule has 0 saturated carbocycles. The van der Waals surface area contributed by atoms with E-state index in [1.807, 2.05) is 18.2 Å². The Labute approximate surface area is 161 Å². The number of nitrogens with two attached hydrogens (primary N) is 2. The summed E-state index contributed by atoms with van der Waals surface area (Å²) in [7, 11) is 0. The Morgan fingerprint density at radius 1 is 1.15 bits per heavy atom. The molecule has 1 aliphatic rings. The van der Waals surface area contributed by atoms with Crippen LogP contribution in [0.5, 0.6) is 0 Å². The van der Waals surface area contributed by atoms with Crippen LogP contribution in [0.3, 0.4) is 0 Å². The first-order valence-corrected chi connectivity index (χ1v) is 9.58. The van der Waals surface area contributed by atoms with Crippen LogP contribution in [0.25, 0.3) is 0 Å². The topological polar surface area (TPSA) is 109 Å². The third-order valence-electron chi connectivity index (χ3n) is 4.41. The molecule has 0 aliphatic carbocycles. The zero-order chi connectivity index (χ0) is 19.7. The monoisotopic (exact) mass is 376 g/mol. The minimum atomic E-state index is -0.649. The SMILES string of the molecule is CCCC(N)(CCC1OCCO1)c1nnc(C(C)N)o1.Cc1ccccc1. The Kier molecular flexibility index (Phi) is 8.37. The van der Waals surface area contributed by atoms with Crippen LogP contribution in [-0.4, -0.2) is 29.7 Å². The Bertz CT molecular complexity index is 656. The van der Waals surface area contributed by atoms with Crippen molar-refractivity contribution < 1.29 is 13.9 Å². The fourth-order valence-corrected chi connectivity index (χ4v) is 2.89. The zero-order valence-corrected chi connectivity index (χ0v) is 16.6. The van der Waals surface area contributed by atoms with E-state index in [4.69, 9.17) is 25.4 Å². The Morgan fingerprint density at radius 3 is 2.30 bits per heavy atom. The lowest BCUT2D eigenvalue weighted by Gasteiger charge is -2.26. The van der Waals surface area contributed by atoms with Gasteiger partial charge in [-0.05, 0) is 26.7 Å². The van der Waals surface area contributed by atoms with Crippen LogP contribution in [0.4, 0.5) is 0 Å². The van der Waals surface area contributed by atoms with Crippen molar-refractivity contribution in [2.24, 2.45) is 11.5 Å². The first-order valence-electron chi connectivity index (χ1n) is 9.58. The molecule has 2 aromatic rings. The summed E-state index contributed by atoms with van der Waals surface area (Å²) in [6.45, 7) is 7.25. The smallest absolute Gasteiger partial charge is 0.236 e. The van der Waals surface area contributed by atoms with Crippen molar-refractivity contribution in [1.29, 1.82) is 0 Å². The summed E-state index contributed by atoms with van der Waals surface area (Å²) in [5, 5.41) is 8.03. The second-order valence-corrected chi connectivity index (χ2v) is 7.00. The number of hydrogen-bond acceptors (Lipinski definition) is 7. The van der Waals surface area contributed by atoms with Gasteiger partial charge < -0.3 is 25.4 Å². The lowest BCUT2D eigenvalue weighted by Crippen LogP contribution is -2.38. The molecule has 1 saturated heterocycles. The molecule has 2 unspecified atom stereocenters. The van der Waals surface area contributed by atoms with Crippen LogP contribution >= 0.6 is 0 Å². The van der Waals surface area contributed by atoms with Crippen molar-refractivity contribution in [2.75, 3.05) is 13.2 Å². The fraction of sp³-hybridized carbons (Fsp3) is 0.600. The van der Waals surface area contributed by atoms with Gasteiger partial charge in [-0.25, -0.2) is 0 Å². The average Bonchev–Trinajstić information content (AvgIpc) is 3.34. The number of aryl methyl sites for hydroxylation is 1. The highest BCUT2D eigenvalue weighted by molar-refractivity contribution is 5.11. The predicted molar refractivity (Wildman–Crippen MR) is 104 cm³/mol. The molecule has 0 radical (unpaired) electrons. The van der Waals surface area contributed by atoms with E-state index in [-0.39, 0.29) is 12.3 Å². The zero-order valence-electron chi connectivity index (χ0n) is 16.6. The van der Waals surface area contributed by atoms with Crippen molar-refractivity contribution in [2.45, 2.75) is 64.3 Å². The normalized spacial score (nSPS) is 17.8. The van der Waals surface area contributed by atoms with Crippen molar-refractivity contribution in [3.8, 4) is 0 Å². The van der Waals surface area contributed by atoms with Gasteiger partial charge in [0.05, 0.1) is 24.8 Å². The molecule has 0 spiro atoms.